The van der Waals surface area contributed by atoms with Gasteiger partial charge in [-0.15, -0.1) is 0 Å². The van der Waals surface area contributed by atoms with E-state index in [1.165, 1.54) is 22.3 Å². The first-order valence-corrected chi connectivity index (χ1v) is 5.55. The Bertz CT molecular complexity index is 439. The third-order valence-corrected chi connectivity index (χ3v) is 2.86. The maximum Gasteiger partial charge on any atom is 0.120 e. The Morgan fingerprint density at radius 2 is 1.44 bits per heavy atom. The molecule has 1 aromatic rings. The third-order valence-electron chi connectivity index (χ3n) is 2.86. The highest BCUT2D eigenvalue weighted by Gasteiger charge is 2.09. The Kier molecular flexibility index (Phi) is 3.45. The van der Waals surface area contributed by atoms with Crippen LogP contribution in [0.2, 0.25) is 0 Å². The first kappa shape index (κ1) is 12.8. The molecule has 0 aliphatic heterocycles. The normalized spacial score (nSPS) is 10.9. The molecular formula is C15H20O. The van der Waals surface area contributed by atoms with Crippen LogP contribution >= 0.6 is 0 Å². The smallest absolute Gasteiger partial charge is 0.120 e. The summed E-state index contributed by atoms with van der Waals surface area (Å²) in [6, 6.07) is 2.18. The maximum atomic E-state index is 9.63. The van der Waals surface area contributed by atoms with Crippen LogP contribution in [0.15, 0.2) is 6.07 Å². The molecule has 0 spiro atoms. The van der Waals surface area contributed by atoms with Crippen molar-refractivity contribution in [3.63, 3.8) is 0 Å². The van der Waals surface area contributed by atoms with Gasteiger partial charge >= 0.3 is 0 Å². The van der Waals surface area contributed by atoms with Crippen LogP contribution in [0.25, 0.3) is 0 Å². The Morgan fingerprint density at radius 3 is 1.81 bits per heavy atom. The molecule has 0 heterocycles. The number of hydrogen-bond donors (Lipinski definition) is 1. The second kappa shape index (κ2) is 4.31. The van der Waals surface area contributed by atoms with Gasteiger partial charge in [-0.25, -0.2) is 0 Å². The van der Waals surface area contributed by atoms with Crippen LogP contribution in [0, 0.1) is 39.5 Å². The molecule has 0 amide bonds. The minimum atomic E-state index is -0.934. The van der Waals surface area contributed by atoms with E-state index in [0.717, 1.165) is 5.56 Å². The lowest BCUT2D eigenvalue weighted by Crippen LogP contribution is -2.14. The van der Waals surface area contributed by atoms with Crippen molar-refractivity contribution in [1.29, 1.82) is 0 Å². The topological polar surface area (TPSA) is 20.2 Å². The van der Waals surface area contributed by atoms with Crippen LogP contribution in [-0.4, -0.2) is 10.7 Å². The van der Waals surface area contributed by atoms with Crippen LogP contribution in [-0.2, 0) is 0 Å². The number of hydrogen-bond acceptors (Lipinski definition) is 1. The van der Waals surface area contributed by atoms with Crippen molar-refractivity contribution in [3.05, 3.63) is 33.9 Å². The van der Waals surface area contributed by atoms with E-state index >= 15 is 0 Å². The maximum absolute atomic E-state index is 9.63. The highest BCUT2D eigenvalue weighted by molar-refractivity contribution is 5.53. The van der Waals surface area contributed by atoms with E-state index in [-0.39, 0.29) is 0 Å². The van der Waals surface area contributed by atoms with E-state index in [9.17, 15) is 5.11 Å². The van der Waals surface area contributed by atoms with Gasteiger partial charge in [0.05, 0.1) is 0 Å². The van der Waals surface area contributed by atoms with Gasteiger partial charge in [-0.3, -0.25) is 0 Å². The van der Waals surface area contributed by atoms with Crippen molar-refractivity contribution in [3.8, 4) is 11.8 Å². The number of benzene rings is 1. The predicted octanol–water partition coefficient (Wildman–Crippen LogP) is 3.04. The minimum Gasteiger partial charge on any atom is -0.378 e. The van der Waals surface area contributed by atoms with Crippen molar-refractivity contribution >= 4 is 0 Å². The molecule has 0 bridgehead atoms. The number of aryl methyl sites for hydroxylation is 2. The standard InChI is InChI=1S/C15H20O/c1-10-9-11(2)13(4)14(12(10)3)7-8-15(5,6)16/h9,16H,1-6H3. The zero-order valence-corrected chi connectivity index (χ0v) is 11.0. The fourth-order valence-corrected chi connectivity index (χ4v) is 1.62. The van der Waals surface area contributed by atoms with Crippen LogP contribution in [0.1, 0.15) is 41.7 Å². The quantitative estimate of drug-likeness (QED) is 0.661. The molecule has 0 fully saturated rings. The average molecular weight is 216 g/mol. The van der Waals surface area contributed by atoms with Crippen LogP contribution in [0.4, 0.5) is 0 Å². The van der Waals surface area contributed by atoms with Crippen molar-refractivity contribution in [2.75, 3.05) is 0 Å². The number of rotatable bonds is 0. The van der Waals surface area contributed by atoms with Crippen LogP contribution in [0.5, 0.6) is 0 Å². The molecule has 0 aliphatic carbocycles. The van der Waals surface area contributed by atoms with E-state index in [0.29, 0.717) is 0 Å². The zero-order valence-electron chi connectivity index (χ0n) is 11.0. The summed E-state index contributed by atoms with van der Waals surface area (Å²) >= 11 is 0. The van der Waals surface area contributed by atoms with Gasteiger partial charge in [0, 0.05) is 5.56 Å². The lowest BCUT2D eigenvalue weighted by Gasteiger charge is -2.11. The Morgan fingerprint density at radius 1 is 1.00 bits per heavy atom. The van der Waals surface area contributed by atoms with Gasteiger partial charge in [0.2, 0.25) is 0 Å². The molecular weight excluding hydrogens is 196 g/mol. The van der Waals surface area contributed by atoms with E-state index in [4.69, 9.17) is 0 Å². The molecule has 0 radical (unpaired) electrons. The van der Waals surface area contributed by atoms with E-state index in [1.807, 2.05) is 0 Å². The molecule has 0 aliphatic rings. The summed E-state index contributed by atoms with van der Waals surface area (Å²) in [4.78, 5) is 0. The molecule has 1 aromatic carbocycles. The Labute approximate surface area is 98.5 Å². The summed E-state index contributed by atoms with van der Waals surface area (Å²) in [7, 11) is 0. The predicted molar refractivity (Wildman–Crippen MR) is 68.6 cm³/mol. The molecule has 1 N–H and O–H groups in total. The molecule has 1 heteroatoms. The second-order valence-corrected chi connectivity index (χ2v) is 4.94. The highest BCUT2D eigenvalue weighted by Crippen LogP contribution is 2.20. The molecule has 86 valence electrons. The SMILES string of the molecule is Cc1cc(C)c(C)c(C#CC(C)(C)O)c1C. The fraction of sp³-hybridized carbons (Fsp3) is 0.467. The zero-order chi connectivity index (χ0) is 12.5. The first-order valence-electron chi connectivity index (χ1n) is 5.55. The average Bonchev–Trinajstić information content (AvgIpc) is 2.13. The van der Waals surface area contributed by atoms with E-state index < -0.39 is 5.60 Å². The van der Waals surface area contributed by atoms with E-state index in [1.54, 1.807) is 13.8 Å². The minimum absolute atomic E-state index is 0.934. The molecule has 0 atom stereocenters. The lowest BCUT2D eigenvalue weighted by molar-refractivity contribution is 0.143. The van der Waals surface area contributed by atoms with Gasteiger partial charge in [0.1, 0.15) is 5.60 Å². The first-order chi connectivity index (χ1) is 7.22. The summed E-state index contributed by atoms with van der Waals surface area (Å²) in [5.74, 6) is 5.98. The van der Waals surface area contributed by atoms with Gasteiger partial charge in [-0.05, 0) is 63.8 Å². The van der Waals surface area contributed by atoms with Crippen molar-refractivity contribution in [1.82, 2.24) is 0 Å². The molecule has 1 nitrogen and oxygen atoms in total. The summed E-state index contributed by atoms with van der Waals surface area (Å²) < 4.78 is 0. The van der Waals surface area contributed by atoms with Crippen molar-refractivity contribution in [2.45, 2.75) is 47.1 Å². The Balaban J connectivity index is 3.38. The molecule has 1 rings (SSSR count). The van der Waals surface area contributed by atoms with Crippen molar-refractivity contribution in [2.24, 2.45) is 0 Å². The molecule has 0 aromatic heterocycles. The van der Waals surface area contributed by atoms with Gasteiger partial charge in [0.25, 0.3) is 0 Å². The molecule has 0 saturated heterocycles. The third kappa shape index (κ3) is 2.87. The van der Waals surface area contributed by atoms with Crippen LogP contribution in [0.3, 0.4) is 0 Å². The summed E-state index contributed by atoms with van der Waals surface area (Å²) in [6.07, 6.45) is 0. The number of aliphatic hydroxyl groups is 1. The van der Waals surface area contributed by atoms with Crippen molar-refractivity contribution < 1.29 is 5.11 Å². The van der Waals surface area contributed by atoms with Gasteiger partial charge in [-0.1, -0.05) is 17.9 Å². The second-order valence-electron chi connectivity index (χ2n) is 4.94. The molecule has 0 unspecified atom stereocenters. The molecule has 0 saturated carbocycles. The molecule has 16 heavy (non-hydrogen) atoms. The van der Waals surface area contributed by atoms with Gasteiger partial charge < -0.3 is 5.11 Å². The fourth-order valence-electron chi connectivity index (χ4n) is 1.62. The van der Waals surface area contributed by atoms with Crippen LogP contribution < -0.4 is 0 Å². The lowest BCUT2D eigenvalue weighted by atomic mass is 9.94. The summed E-state index contributed by atoms with van der Waals surface area (Å²) in [5, 5.41) is 9.63. The van der Waals surface area contributed by atoms with Gasteiger partial charge in [0.15, 0.2) is 0 Å². The summed E-state index contributed by atoms with van der Waals surface area (Å²) in [6.45, 7) is 11.8. The Hall–Kier alpha value is -1.26. The van der Waals surface area contributed by atoms with E-state index in [2.05, 4.69) is 45.6 Å². The largest absolute Gasteiger partial charge is 0.378 e. The summed E-state index contributed by atoms with van der Waals surface area (Å²) in [5.41, 5.74) is 5.04. The van der Waals surface area contributed by atoms with Gasteiger partial charge in [-0.2, -0.15) is 0 Å². The highest BCUT2D eigenvalue weighted by atomic mass is 16.3. The monoisotopic (exact) mass is 216 g/mol.